The van der Waals surface area contributed by atoms with E-state index in [-0.39, 0.29) is 35.2 Å². The predicted octanol–water partition coefficient (Wildman–Crippen LogP) is 1.42. The first-order chi connectivity index (χ1) is 11.6. The number of methoxy groups -OCH3 is 1. The van der Waals surface area contributed by atoms with Gasteiger partial charge in [0.15, 0.2) is 0 Å². The molecule has 0 bridgehead atoms. The van der Waals surface area contributed by atoms with Crippen LogP contribution in [0.2, 0.25) is 0 Å². The minimum absolute atomic E-state index is 0.150. The van der Waals surface area contributed by atoms with E-state index in [0.29, 0.717) is 0 Å². The van der Waals surface area contributed by atoms with Crippen molar-refractivity contribution in [2.45, 2.75) is 26.2 Å². The minimum Gasteiger partial charge on any atom is -0.479 e. The van der Waals surface area contributed by atoms with Crippen LogP contribution in [0.15, 0.2) is 16.8 Å². The van der Waals surface area contributed by atoms with Gasteiger partial charge < -0.3 is 14.2 Å². The molecule has 0 radical (unpaired) electrons. The molecule has 2 amide bonds. The van der Waals surface area contributed by atoms with Crippen molar-refractivity contribution < 1.29 is 18.8 Å². The Morgan fingerprint density at radius 3 is 2.64 bits per heavy atom. The molecular formula is C16H23N5O4. The molecule has 1 N–H and O–H groups in total. The molecule has 9 nitrogen and oxygen atoms in total. The number of aryl methyl sites for hydroxylation is 1. The molecule has 0 aromatic carbocycles. The van der Waals surface area contributed by atoms with Crippen molar-refractivity contribution in [3.8, 4) is 5.88 Å². The monoisotopic (exact) mass is 349 g/mol. The van der Waals surface area contributed by atoms with Crippen molar-refractivity contribution in [1.29, 1.82) is 0 Å². The number of carbonyl (C=O) groups excluding carboxylic acids is 2. The Morgan fingerprint density at radius 2 is 2.08 bits per heavy atom. The highest BCUT2D eigenvalue weighted by atomic mass is 16.5. The van der Waals surface area contributed by atoms with E-state index in [1.807, 2.05) is 20.8 Å². The number of ether oxygens (including phenoxy) is 1. The SMILES string of the molecule is COc1nn(C)cc1C(=O)N(C)CC(=O)Nc1cc(C(C)(C)C)no1. The quantitative estimate of drug-likeness (QED) is 0.876. The molecule has 2 heterocycles. The van der Waals surface area contributed by atoms with Crippen LogP contribution in [0.4, 0.5) is 5.88 Å². The number of anilines is 1. The van der Waals surface area contributed by atoms with Crippen LogP contribution < -0.4 is 10.1 Å². The van der Waals surface area contributed by atoms with Gasteiger partial charge in [0.05, 0.1) is 19.3 Å². The second-order valence-electron chi connectivity index (χ2n) is 6.76. The second kappa shape index (κ2) is 6.96. The lowest BCUT2D eigenvalue weighted by Crippen LogP contribution is -2.34. The molecule has 2 rings (SSSR count). The Hall–Kier alpha value is -2.84. The van der Waals surface area contributed by atoms with Crippen molar-refractivity contribution in [2.24, 2.45) is 7.05 Å². The normalized spacial score (nSPS) is 11.3. The number of rotatable bonds is 5. The van der Waals surface area contributed by atoms with Gasteiger partial charge in [0.25, 0.3) is 5.91 Å². The molecule has 0 fully saturated rings. The summed E-state index contributed by atoms with van der Waals surface area (Å²) in [5.41, 5.74) is 0.832. The van der Waals surface area contributed by atoms with Crippen LogP contribution >= 0.6 is 0 Å². The van der Waals surface area contributed by atoms with Gasteiger partial charge in [-0.15, -0.1) is 5.10 Å². The van der Waals surface area contributed by atoms with Crippen LogP contribution in [-0.4, -0.2) is 52.4 Å². The number of nitrogens with one attached hydrogen (secondary N) is 1. The molecule has 0 saturated heterocycles. The fourth-order valence-corrected chi connectivity index (χ4v) is 2.12. The molecule has 0 aliphatic rings. The Balaban J connectivity index is 2.00. The molecular weight excluding hydrogens is 326 g/mol. The van der Waals surface area contributed by atoms with Crippen LogP contribution in [0.1, 0.15) is 36.8 Å². The molecule has 25 heavy (non-hydrogen) atoms. The molecule has 136 valence electrons. The Labute approximate surface area is 145 Å². The standard InChI is InChI=1S/C16H23N5O4/c1-16(2,3)11-7-13(25-19-11)17-12(22)9-20(4)15(23)10-8-21(5)18-14(10)24-6/h7-8H,9H2,1-6H3,(H,17,22). The first-order valence-electron chi connectivity index (χ1n) is 7.72. The molecule has 0 aliphatic carbocycles. The van der Waals surface area contributed by atoms with E-state index in [1.54, 1.807) is 19.3 Å². The number of carbonyl (C=O) groups is 2. The zero-order valence-corrected chi connectivity index (χ0v) is 15.3. The summed E-state index contributed by atoms with van der Waals surface area (Å²) in [5.74, 6) is -0.303. The van der Waals surface area contributed by atoms with Gasteiger partial charge in [-0.25, -0.2) is 0 Å². The van der Waals surface area contributed by atoms with Crippen LogP contribution in [0.3, 0.4) is 0 Å². The van der Waals surface area contributed by atoms with Gasteiger partial charge in [-0.3, -0.25) is 19.6 Å². The van der Waals surface area contributed by atoms with E-state index in [1.165, 1.54) is 23.7 Å². The molecule has 2 aromatic heterocycles. The van der Waals surface area contributed by atoms with Crippen molar-refractivity contribution in [3.05, 3.63) is 23.5 Å². The highest BCUT2D eigenvalue weighted by molar-refractivity contribution is 6.00. The Morgan fingerprint density at radius 1 is 1.40 bits per heavy atom. The van der Waals surface area contributed by atoms with E-state index in [4.69, 9.17) is 9.26 Å². The van der Waals surface area contributed by atoms with Crippen LogP contribution in [0.25, 0.3) is 0 Å². The molecule has 0 spiro atoms. The van der Waals surface area contributed by atoms with Gasteiger partial charge in [-0.2, -0.15) is 0 Å². The fourth-order valence-electron chi connectivity index (χ4n) is 2.12. The van der Waals surface area contributed by atoms with Gasteiger partial charge >= 0.3 is 0 Å². The summed E-state index contributed by atoms with van der Waals surface area (Å²) in [5, 5.41) is 10.5. The third-order valence-electron chi connectivity index (χ3n) is 3.49. The predicted molar refractivity (Wildman–Crippen MR) is 90.6 cm³/mol. The number of amides is 2. The molecule has 0 saturated carbocycles. The maximum Gasteiger partial charge on any atom is 0.261 e. The maximum absolute atomic E-state index is 12.4. The van der Waals surface area contributed by atoms with E-state index < -0.39 is 5.91 Å². The van der Waals surface area contributed by atoms with Crippen LogP contribution in [-0.2, 0) is 17.3 Å². The number of aromatic nitrogens is 3. The van der Waals surface area contributed by atoms with Gasteiger partial charge in [0.2, 0.25) is 17.7 Å². The first-order valence-corrected chi connectivity index (χ1v) is 7.72. The Bertz CT molecular complexity index is 772. The summed E-state index contributed by atoms with van der Waals surface area (Å²) >= 11 is 0. The number of hydrogen-bond acceptors (Lipinski definition) is 6. The van der Waals surface area contributed by atoms with Gasteiger partial charge in [0, 0.05) is 31.8 Å². The number of likely N-dealkylation sites (N-methyl/N-ethyl adjacent to an activating group) is 1. The summed E-state index contributed by atoms with van der Waals surface area (Å²) in [6.07, 6.45) is 1.54. The van der Waals surface area contributed by atoms with Crippen molar-refractivity contribution >= 4 is 17.7 Å². The molecule has 9 heteroatoms. The lowest BCUT2D eigenvalue weighted by Gasteiger charge is -2.15. The van der Waals surface area contributed by atoms with E-state index >= 15 is 0 Å². The van der Waals surface area contributed by atoms with E-state index in [2.05, 4.69) is 15.6 Å². The largest absolute Gasteiger partial charge is 0.479 e. The van der Waals surface area contributed by atoms with Crippen LogP contribution in [0, 0.1) is 0 Å². The average Bonchev–Trinajstić information content (AvgIpc) is 3.12. The highest BCUT2D eigenvalue weighted by Gasteiger charge is 2.23. The lowest BCUT2D eigenvalue weighted by molar-refractivity contribution is -0.116. The topological polar surface area (TPSA) is 102 Å². The van der Waals surface area contributed by atoms with E-state index in [0.717, 1.165) is 5.69 Å². The van der Waals surface area contributed by atoms with Gasteiger partial charge in [0.1, 0.15) is 5.56 Å². The van der Waals surface area contributed by atoms with Crippen molar-refractivity contribution in [2.75, 3.05) is 26.0 Å². The van der Waals surface area contributed by atoms with Gasteiger partial charge in [-0.05, 0) is 0 Å². The minimum atomic E-state index is -0.393. The fraction of sp³-hybridized carbons (Fsp3) is 0.500. The second-order valence-corrected chi connectivity index (χ2v) is 6.76. The summed E-state index contributed by atoms with van der Waals surface area (Å²) < 4.78 is 11.7. The zero-order chi connectivity index (χ0) is 18.8. The number of nitrogens with zero attached hydrogens (tertiary/aromatic N) is 4. The average molecular weight is 349 g/mol. The lowest BCUT2D eigenvalue weighted by atomic mass is 9.92. The number of hydrogen-bond donors (Lipinski definition) is 1. The third kappa shape index (κ3) is 4.37. The molecule has 0 aliphatic heterocycles. The highest BCUT2D eigenvalue weighted by Crippen LogP contribution is 2.23. The summed E-state index contributed by atoms with van der Waals surface area (Å²) in [7, 11) is 4.64. The Kier molecular flexibility index (Phi) is 5.15. The molecule has 0 unspecified atom stereocenters. The van der Waals surface area contributed by atoms with Crippen LogP contribution in [0.5, 0.6) is 5.88 Å². The first kappa shape index (κ1) is 18.5. The third-order valence-corrected chi connectivity index (χ3v) is 3.49. The summed E-state index contributed by atoms with van der Waals surface area (Å²) in [6.45, 7) is 5.82. The van der Waals surface area contributed by atoms with Gasteiger partial charge in [-0.1, -0.05) is 25.9 Å². The summed E-state index contributed by atoms with van der Waals surface area (Å²) in [4.78, 5) is 25.8. The smallest absolute Gasteiger partial charge is 0.261 e. The van der Waals surface area contributed by atoms with Crippen molar-refractivity contribution in [3.63, 3.8) is 0 Å². The van der Waals surface area contributed by atoms with E-state index in [9.17, 15) is 9.59 Å². The maximum atomic E-state index is 12.4. The molecule has 2 aromatic rings. The molecule has 0 atom stereocenters. The zero-order valence-electron chi connectivity index (χ0n) is 15.3. The summed E-state index contributed by atoms with van der Waals surface area (Å²) in [6, 6.07) is 1.67. The van der Waals surface area contributed by atoms with Crippen molar-refractivity contribution in [1.82, 2.24) is 19.8 Å².